The van der Waals surface area contributed by atoms with Crippen LogP contribution in [0, 0.1) is 6.92 Å². The molecule has 0 atom stereocenters. The molecule has 1 aromatic carbocycles. The van der Waals surface area contributed by atoms with E-state index in [9.17, 15) is 0 Å². The van der Waals surface area contributed by atoms with Gasteiger partial charge in [0.1, 0.15) is 5.82 Å². The van der Waals surface area contributed by atoms with Crippen LogP contribution >= 0.6 is 0 Å². The van der Waals surface area contributed by atoms with Crippen molar-refractivity contribution >= 4 is 10.9 Å². The van der Waals surface area contributed by atoms with Gasteiger partial charge in [-0.1, -0.05) is 24.3 Å². The summed E-state index contributed by atoms with van der Waals surface area (Å²) in [6, 6.07) is 10.5. The van der Waals surface area contributed by atoms with Crippen LogP contribution in [0.1, 0.15) is 11.4 Å². The van der Waals surface area contributed by atoms with Crippen LogP contribution in [0.15, 0.2) is 48.9 Å². The van der Waals surface area contributed by atoms with Crippen LogP contribution in [-0.4, -0.2) is 27.6 Å². The van der Waals surface area contributed by atoms with Crippen molar-refractivity contribution < 1.29 is 0 Å². The van der Waals surface area contributed by atoms with Crippen LogP contribution in [0.5, 0.6) is 0 Å². The number of pyridine rings is 1. The molecule has 3 rings (SSSR count). The monoisotopic (exact) mass is 280 g/mol. The fourth-order valence-electron chi connectivity index (χ4n) is 2.56. The Morgan fingerprint density at radius 2 is 1.95 bits per heavy atom. The Labute approximate surface area is 124 Å². The second-order valence-electron chi connectivity index (χ2n) is 5.16. The summed E-state index contributed by atoms with van der Waals surface area (Å²) in [5.74, 6) is 1.06. The number of benzene rings is 1. The zero-order valence-electron chi connectivity index (χ0n) is 12.3. The first kappa shape index (κ1) is 13.8. The van der Waals surface area contributed by atoms with E-state index in [2.05, 4.69) is 44.1 Å². The second kappa shape index (κ2) is 6.50. The molecule has 2 aromatic heterocycles. The van der Waals surface area contributed by atoms with Gasteiger partial charge in [-0.05, 0) is 31.5 Å². The maximum Gasteiger partial charge on any atom is 0.105 e. The Kier molecular flexibility index (Phi) is 4.26. The first-order valence-electron chi connectivity index (χ1n) is 7.35. The van der Waals surface area contributed by atoms with Gasteiger partial charge in [0.25, 0.3) is 0 Å². The van der Waals surface area contributed by atoms with E-state index in [1.165, 1.54) is 10.9 Å². The molecule has 0 amide bonds. The lowest BCUT2D eigenvalue weighted by molar-refractivity contribution is 0.589. The number of hydrogen-bond donors (Lipinski definition) is 1. The molecule has 2 heterocycles. The van der Waals surface area contributed by atoms with Crippen LogP contribution in [0.3, 0.4) is 0 Å². The number of fused-ring (bicyclic) bond motifs is 1. The van der Waals surface area contributed by atoms with Crippen molar-refractivity contribution in [2.45, 2.75) is 19.9 Å². The fourth-order valence-corrected chi connectivity index (χ4v) is 2.56. The largest absolute Gasteiger partial charge is 0.334 e. The molecule has 4 heteroatoms. The molecule has 0 aliphatic heterocycles. The standard InChI is InChI=1S/C17H20N4/c1-14-19-11-13-21(14)12-10-18-9-7-16-5-2-4-15-6-3-8-20-17(15)16/h2-6,8,11,13,18H,7,9-10,12H2,1H3. The minimum absolute atomic E-state index is 0.954. The number of nitrogens with one attached hydrogen (secondary N) is 1. The van der Waals surface area contributed by atoms with E-state index in [1.807, 2.05) is 31.6 Å². The molecule has 0 unspecified atom stereocenters. The molecule has 0 aliphatic rings. The highest BCUT2D eigenvalue weighted by Gasteiger charge is 2.01. The van der Waals surface area contributed by atoms with E-state index >= 15 is 0 Å². The summed E-state index contributed by atoms with van der Waals surface area (Å²) in [5, 5.41) is 4.70. The van der Waals surface area contributed by atoms with Gasteiger partial charge in [-0.3, -0.25) is 4.98 Å². The predicted molar refractivity (Wildman–Crippen MR) is 85.3 cm³/mol. The maximum absolute atomic E-state index is 4.49. The van der Waals surface area contributed by atoms with Gasteiger partial charge < -0.3 is 9.88 Å². The molecule has 1 N–H and O–H groups in total. The van der Waals surface area contributed by atoms with Gasteiger partial charge >= 0.3 is 0 Å². The van der Waals surface area contributed by atoms with Crippen LogP contribution in [-0.2, 0) is 13.0 Å². The molecule has 0 saturated heterocycles. The number of imidazole rings is 1. The van der Waals surface area contributed by atoms with Crippen molar-refractivity contribution in [1.82, 2.24) is 19.9 Å². The summed E-state index contributed by atoms with van der Waals surface area (Å²) < 4.78 is 2.16. The molecule has 0 aliphatic carbocycles. The zero-order chi connectivity index (χ0) is 14.5. The molecule has 0 saturated carbocycles. The number of nitrogens with zero attached hydrogens (tertiary/aromatic N) is 3. The number of hydrogen-bond acceptors (Lipinski definition) is 3. The van der Waals surface area contributed by atoms with E-state index in [1.54, 1.807) is 0 Å². The Morgan fingerprint density at radius 3 is 2.81 bits per heavy atom. The molecular formula is C17H20N4. The number of para-hydroxylation sites is 1. The van der Waals surface area contributed by atoms with Gasteiger partial charge in [0.2, 0.25) is 0 Å². The van der Waals surface area contributed by atoms with Gasteiger partial charge in [0, 0.05) is 37.1 Å². The molecule has 108 valence electrons. The molecule has 3 aromatic rings. The SMILES string of the molecule is Cc1nccn1CCNCCc1cccc2cccnc12. The Morgan fingerprint density at radius 1 is 1.05 bits per heavy atom. The normalized spacial score (nSPS) is 11.1. The van der Waals surface area contributed by atoms with E-state index in [4.69, 9.17) is 0 Å². The quantitative estimate of drug-likeness (QED) is 0.706. The number of rotatable bonds is 6. The molecular weight excluding hydrogens is 260 g/mol. The van der Waals surface area contributed by atoms with Gasteiger partial charge in [-0.25, -0.2) is 4.98 Å². The summed E-state index contributed by atoms with van der Waals surface area (Å²) in [4.78, 5) is 8.72. The maximum atomic E-state index is 4.49. The average Bonchev–Trinajstić information content (AvgIpc) is 2.92. The third kappa shape index (κ3) is 3.28. The average molecular weight is 280 g/mol. The highest BCUT2D eigenvalue weighted by atomic mass is 15.1. The number of aromatic nitrogens is 3. The highest BCUT2D eigenvalue weighted by molar-refractivity contribution is 5.81. The van der Waals surface area contributed by atoms with Gasteiger partial charge in [0.15, 0.2) is 0 Å². The molecule has 0 fully saturated rings. The van der Waals surface area contributed by atoms with Crippen molar-refractivity contribution in [2.75, 3.05) is 13.1 Å². The topological polar surface area (TPSA) is 42.7 Å². The third-order valence-corrected chi connectivity index (χ3v) is 3.74. The first-order chi connectivity index (χ1) is 10.3. The van der Waals surface area contributed by atoms with E-state index in [0.717, 1.165) is 37.4 Å². The smallest absolute Gasteiger partial charge is 0.105 e. The predicted octanol–water partition coefficient (Wildman–Crippen LogP) is 2.57. The van der Waals surface area contributed by atoms with E-state index in [-0.39, 0.29) is 0 Å². The second-order valence-corrected chi connectivity index (χ2v) is 5.16. The van der Waals surface area contributed by atoms with E-state index in [0.29, 0.717) is 0 Å². The molecule has 4 nitrogen and oxygen atoms in total. The van der Waals surface area contributed by atoms with Crippen LogP contribution < -0.4 is 5.32 Å². The Balaban J connectivity index is 1.52. The van der Waals surface area contributed by atoms with Crippen molar-refractivity contribution in [3.8, 4) is 0 Å². The Hall–Kier alpha value is -2.20. The lowest BCUT2D eigenvalue weighted by atomic mass is 10.1. The van der Waals surface area contributed by atoms with Crippen molar-refractivity contribution in [1.29, 1.82) is 0 Å². The number of aryl methyl sites for hydroxylation is 1. The van der Waals surface area contributed by atoms with Crippen molar-refractivity contribution in [3.63, 3.8) is 0 Å². The van der Waals surface area contributed by atoms with Crippen molar-refractivity contribution in [2.24, 2.45) is 0 Å². The first-order valence-corrected chi connectivity index (χ1v) is 7.35. The Bertz CT molecular complexity index is 712. The fraction of sp³-hybridized carbons (Fsp3) is 0.294. The summed E-state index contributed by atoms with van der Waals surface area (Å²) in [6.45, 7) is 4.90. The third-order valence-electron chi connectivity index (χ3n) is 3.74. The molecule has 0 radical (unpaired) electrons. The van der Waals surface area contributed by atoms with Crippen LogP contribution in [0.2, 0.25) is 0 Å². The lowest BCUT2D eigenvalue weighted by Crippen LogP contribution is -2.22. The highest BCUT2D eigenvalue weighted by Crippen LogP contribution is 2.15. The van der Waals surface area contributed by atoms with Gasteiger partial charge in [0.05, 0.1) is 5.52 Å². The van der Waals surface area contributed by atoms with E-state index < -0.39 is 0 Å². The van der Waals surface area contributed by atoms with Gasteiger partial charge in [-0.2, -0.15) is 0 Å². The summed E-state index contributed by atoms with van der Waals surface area (Å²) in [6.07, 6.45) is 6.72. The molecule has 0 bridgehead atoms. The van der Waals surface area contributed by atoms with Crippen molar-refractivity contribution in [3.05, 3.63) is 60.3 Å². The van der Waals surface area contributed by atoms with Crippen LogP contribution in [0.25, 0.3) is 10.9 Å². The van der Waals surface area contributed by atoms with Gasteiger partial charge in [-0.15, -0.1) is 0 Å². The summed E-state index contributed by atoms with van der Waals surface area (Å²) >= 11 is 0. The minimum Gasteiger partial charge on any atom is -0.334 e. The van der Waals surface area contributed by atoms with Crippen LogP contribution in [0.4, 0.5) is 0 Å². The lowest BCUT2D eigenvalue weighted by Gasteiger charge is -2.08. The molecule has 0 spiro atoms. The zero-order valence-corrected chi connectivity index (χ0v) is 12.3. The molecule has 21 heavy (non-hydrogen) atoms. The summed E-state index contributed by atoms with van der Waals surface area (Å²) in [5.41, 5.74) is 2.42. The summed E-state index contributed by atoms with van der Waals surface area (Å²) in [7, 11) is 0. The minimum atomic E-state index is 0.954.